The smallest absolute Gasteiger partial charge is 0.138 e. The summed E-state index contributed by atoms with van der Waals surface area (Å²) in [5.74, 6) is 0.715. The lowest BCUT2D eigenvalue weighted by molar-refractivity contribution is 0.305. The lowest BCUT2D eigenvalue weighted by Gasteiger charge is -2.11. The first-order valence-electron chi connectivity index (χ1n) is 7.06. The molecule has 0 amide bonds. The van der Waals surface area contributed by atoms with Gasteiger partial charge in [0.25, 0.3) is 0 Å². The van der Waals surface area contributed by atoms with Crippen LogP contribution in [0.15, 0.2) is 46.9 Å². The monoisotopic (exact) mass is 367 g/mol. The van der Waals surface area contributed by atoms with E-state index in [1.807, 2.05) is 42.5 Å². The van der Waals surface area contributed by atoms with E-state index in [0.717, 1.165) is 29.5 Å². The third kappa shape index (κ3) is 5.03. The molecule has 2 nitrogen and oxygen atoms in total. The zero-order valence-corrected chi connectivity index (χ0v) is 14.4. The molecule has 0 aliphatic heterocycles. The second kappa shape index (κ2) is 8.42. The van der Waals surface area contributed by atoms with Gasteiger partial charge in [0.2, 0.25) is 0 Å². The van der Waals surface area contributed by atoms with Crippen molar-refractivity contribution in [3.8, 4) is 5.75 Å². The maximum absolute atomic E-state index is 6.28. The molecule has 0 saturated carbocycles. The molecule has 0 fully saturated rings. The molecule has 2 rings (SSSR count). The number of nitrogens with one attached hydrogen (secondary N) is 1. The van der Waals surface area contributed by atoms with Crippen LogP contribution in [0.1, 0.15) is 24.5 Å². The summed E-state index contributed by atoms with van der Waals surface area (Å²) in [6.07, 6.45) is 1.13. The third-order valence-corrected chi connectivity index (χ3v) is 4.16. The van der Waals surface area contributed by atoms with Crippen molar-refractivity contribution < 1.29 is 4.74 Å². The molecule has 0 aliphatic carbocycles. The van der Waals surface area contributed by atoms with E-state index in [1.54, 1.807) is 0 Å². The molecule has 2 aromatic carbocycles. The predicted octanol–water partition coefficient (Wildman–Crippen LogP) is 5.18. The second-order valence-corrected chi connectivity index (χ2v) is 6.08. The zero-order chi connectivity index (χ0) is 15.1. The molecule has 1 N–H and O–H groups in total. The Balaban J connectivity index is 1.96. The van der Waals surface area contributed by atoms with Crippen LogP contribution in [0.2, 0.25) is 5.02 Å². The molecule has 0 aliphatic rings. The standard InChI is InChI=1S/C17H19BrClNO/c1-2-9-20-11-13-7-8-17(16(19)10-13)21-12-14-5-3-4-6-15(14)18/h3-8,10,20H,2,9,11-12H2,1H3. The van der Waals surface area contributed by atoms with Crippen molar-refractivity contribution in [1.82, 2.24) is 5.32 Å². The molecule has 0 atom stereocenters. The van der Waals surface area contributed by atoms with E-state index < -0.39 is 0 Å². The highest BCUT2D eigenvalue weighted by Crippen LogP contribution is 2.27. The molecule has 0 saturated heterocycles. The topological polar surface area (TPSA) is 21.3 Å². The Morgan fingerprint density at radius 3 is 2.71 bits per heavy atom. The number of hydrogen-bond acceptors (Lipinski definition) is 2. The third-order valence-electron chi connectivity index (χ3n) is 3.09. The van der Waals surface area contributed by atoms with E-state index in [-0.39, 0.29) is 0 Å². The molecule has 0 radical (unpaired) electrons. The summed E-state index contributed by atoms with van der Waals surface area (Å²) in [6, 6.07) is 13.9. The average molecular weight is 369 g/mol. The lowest BCUT2D eigenvalue weighted by atomic mass is 10.2. The Kier molecular flexibility index (Phi) is 6.55. The van der Waals surface area contributed by atoms with Crippen LogP contribution < -0.4 is 10.1 Å². The lowest BCUT2D eigenvalue weighted by Crippen LogP contribution is -2.13. The van der Waals surface area contributed by atoms with E-state index in [4.69, 9.17) is 16.3 Å². The molecular formula is C17H19BrClNO. The Hall–Kier alpha value is -1.03. The molecule has 2 aromatic rings. The molecular weight excluding hydrogens is 350 g/mol. The maximum Gasteiger partial charge on any atom is 0.138 e. The Morgan fingerprint density at radius 2 is 2.00 bits per heavy atom. The van der Waals surface area contributed by atoms with Crippen LogP contribution in [0.5, 0.6) is 5.75 Å². The van der Waals surface area contributed by atoms with Gasteiger partial charge in [-0.2, -0.15) is 0 Å². The first-order valence-corrected chi connectivity index (χ1v) is 8.23. The zero-order valence-electron chi connectivity index (χ0n) is 12.0. The highest BCUT2D eigenvalue weighted by molar-refractivity contribution is 9.10. The van der Waals surface area contributed by atoms with Gasteiger partial charge in [-0.1, -0.05) is 58.7 Å². The van der Waals surface area contributed by atoms with Crippen molar-refractivity contribution >= 4 is 27.5 Å². The van der Waals surface area contributed by atoms with Crippen LogP contribution >= 0.6 is 27.5 Å². The highest BCUT2D eigenvalue weighted by atomic mass is 79.9. The molecule has 112 valence electrons. The van der Waals surface area contributed by atoms with Gasteiger partial charge >= 0.3 is 0 Å². The summed E-state index contributed by atoms with van der Waals surface area (Å²) in [5.41, 5.74) is 2.27. The van der Waals surface area contributed by atoms with Gasteiger partial charge in [-0.15, -0.1) is 0 Å². The maximum atomic E-state index is 6.28. The minimum absolute atomic E-state index is 0.495. The first kappa shape index (κ1) is 16.3. The van der Waals surface area contributed by atoms with Gasteiger partial charge in [0, 0.05) is 16.6 Å². The van der Waals surface area contributed by atoms with Crippen molar-refractivity contribution in [2.75, 3.05) is 6.54 Å². The largest absolute Gasteiger partial charge is 0.487 e. The van der Waals surface area contributed by atoms with E-state index in [2.05, 4.69) is 28.2 Å². The minimum atomic E-state index is 0.495. The quantitative estimate of drug-likeness (QED) is 0.680. The molecule has 21 heavy (non-hydrogen) atoms. The summed E-state index contributed by atoms with van der Waals surface area (Å²) in [5, 5.41) is 4.01. The van der Waals surface area contributed by atoms with Gasteiger partial charge in [-0.25, -0.2) is 0 Å². The molecule has 0 spiro atoms. The number of rotatable bonds is 7. The predicted molar refractivity (Wildman–Crippen MR) is 91.9 cm³/mol. The number of benzene rings is 2. The van der Waals surface area contributed by atoms with Crippen LogP contribution in [-0.2, 0) is 13.2 Å². The summed E-state index contributed by atoms with van der Waals surface area (Å²) >= 11 is 9.80. The van der Waals surface area contributed by atoms with Crippen molar-refractivity contribution in [3.05, 3.63) is 63.1 Å². The molecule has 0 unspecified atom stereocenters. The summed E-state index contributed by atoms with van der Waals surface area (Å²) in [7, 11) is 0. The summed E-state index contributed by atoms with van der Waals surface area (Å²) in [4.78, 5) is 0. The van der Waals surface area contributed by atoms with Gasteiger partial charge in [-0.05, 0) is 36.7 Å². The molecule has 0 aromatic heterocycles. The van der Waals surface area contributed by atoms with Crippen LogP contribution in [0.25, 0.3) is 0 Å². The SMILES string of the molecule is CCCNCc1ccc(OCc2ccccc2Br)c(Cl)c1. The highest BCUT2D eigenvalue weighted by Gasteiger charge is 2.05. The van der Waals surface area contributed by atoms with Gasteiger partial charge in [0.15, 0.2) is 0 Å². The van der Waals surface area contributed by atoms with Crippen molar-refractivity contribution in [3.63, 3.8) is 0 Å². The minimum Gasteiger partial charge on any atom is -0.487 e. The Morgan fingerprint density at radius 1 is 1.19 bits per heavy atom. The van der Waals surface area contributed by atoms with Crippen LogP contribution in [0, 0.1) is 0 Å². The van der Waals surface area contributed by atoms with Crippen LogP contribution in [0.3, 0.4) is 0 Å². The number of ether oxygens (including phenoxy) is 1. The normalized spacial score (nSPS) is 10.6. The fourth-order valence-electron chi connectivity index (χ4n) is 1.95. The van der Waals surface area contributed by atoms with Gasteiger partial charge in [0.1, 0.15) is 12.4 Å². The summed E-state index contributed by atoms with van der Waals surface area (Å²) in [6.45, 7) is 4.49. The van der Waals surface area contributed by atoms with E-state index >= 15 is 0 Å². The van der Waals surface area contributed by atoms with Gasteiger partial charge in [-0.3, -0.25) is 0 Å². The van der Waals surface area contributed by atoms with Crippen molar-refractivity contribution in [2.45, 2.75) is 26.5 Å². The fraction of sp³-hybridized carbons (Fsp3) is 0.294. The first-order chi connectivity index (χ1) is 10.2. The van der Waals surface area contributed by atoms with Crippen LogP contribution in [0.4, 0.5) is 0 Å². The molecule has 0 heterocycles. The fourth-order valence-corrected chi connectivity index (χ4v) is 2.61. The van der Waals surface area contributed by atoms with E-state index in [9.17, 15) is 0 Å². The Bertz CT molecular complexity index is 589. The second-order valence-electron chi connectivity index (χ2n) is 4.82. The molecule has 4 heteroatoms. The average Bonchev–Trinajstić information content (AvgIpc) is 2.48. The number of halogens is 2. The van der Waals surface area contributed by atoms with E-state index in [1.165, 1.54) is 5.56 Å². The van der Waals surface area contributed by atoms with Crippen molar-refractivity contribution in [2.24, 2.45) is 0 Å². The van der Waals surface area contributed by atoms with Gasteiger partial charge < -0.3 is 10.1 Å². The van der Waals surface area contributed by atoms with Gasteiger partial charge in [0.05, 0.1) is 5.02 Å². The Labute approximate surface area is 139 Å². The van der Waals surface area contributed by atoms with Crippen LogP contribution in [-0.4, -0.2) is 6.54 Å². The van der Waals surface area contributed by atoms with Crippen molar-refractivity contribution in [1.29, 1.82) is 0 Å². The number of hydrogen-bond donors (Lipinski definition) is 1. The molecule has 0 bridgehead atoms. The van der Waals surface area contributed by atoms with E-state index in [0.29, 0.717) is 17.4 Å². The summed E-state index contributed by atoms with van der Waals surface area (Å²) < 4.78 is 6.85.